The maximum absolute atomic E-state index is 11.6. The van der Waals surface area contributed by atoms with Gasteiger partial charge in [0.1, 0.15) is 11.5 Å². The van der Waals surface area contributed by atoms with Crippen molar-refractivity contribution in [1.29, 1.82) is 0 Å². The van der Waals surface area contributed by atoms with E-state index in [2.05, 4.69) is 9.72 Å². The maximum atomic E-state index is 11.6. The number of hydrogen-bond donors (Lipinski definition) is 2. The number of rotatable bonds is 4. The lowest BCUT2D eigenvalue weighted by Crippen LogP contribution is -2.24. The Bertz CT molecular complexity index is 754. The summed E-state index contributed by atoms with van der Waals surface area (Å²) in [5.41, 5.74) is 8.12. The number of primary amides is 1. The first-order valence-corrected chi connectivity index (χ1v) is 9.81. The van der Waals surface area contributed by atoms with Crippen LogP contribution in [-0.4, -0.2) is 21.3 Å². The summed E-state index contributed by atoms with van der Waals surface area (Å²) in [4.78, 5) is 16.6. The summed E-state index contributed by atoms with van der Waals surface area (Å²) < 4.78 is 2.05. The maximum Gasteiger partial charge on any atom is 0.250 e. The molecule has 0 unspecified atom stereocenters. The highest BCUT2D eigenvalue weighted by atomic mass is 16.1. The third-order valence-corrected chi connectivity index (χ3v) is 5.87. The van der Waals surface area contributed by atoms with Gasteiger partial charge >= 0.3 is 0 Å². The molecule has 0 saturated heterocycles. The van der Waals surface area contributed by atoms with E-state index in [9.17, 15) is 4.79 Å². The van der Waals surface area contributed by atoms with Gasteiger partial charge in [0, 0.05) is 18.2 Å². The van der Waals surface area contributed by atoms with E-state index in [0.717, 1.165) is 11.5 Å². The fourth-order valence-electron chi connectivity index (χ4n) is 4.45. The third-order valence-electron chi connectivity index (χ3n) is 5.87. The quantitative estimate of drug-likeness (QED) is 0.875. The zero-order chi connectivity index (χ0) is 17.2. The predicted molar refractivity (Wildman–Crippen MR) is 100 cm³/mol. The minimum absolute atomic E-state index is 0.390. The van der Waals surface area contributed by atoms with Crippen LogP contribution in [0.5, 0.6) is 0 Å². The van der Waals surface area contributed by atoms with Gasteiger partial charge in [-0.05, 0) is 37.8 Å². The first kappa shape index (κ1) is 16.4. The number of imidazole rings is 1. The molecule has 1 amide bonds. The first-order valence-electron chi connectivity index (χ1n) is 9.81. The molecule has 5 heteroatoms. The molecule has 2 fully saturated rings. The molecule has 0 bridgehead atoms. The number of nitrogens with zero attached hydrogens (tertiary/aromatic N) is 2. The van der Waals surface area contributed by atoms with E-state index in [1.807, 2.05) is 12.3 Å². The van der Waals surface area contributed by atoms with Crippen LogP contribution >= 0.6 is 0 Å². The molecule has 2 aromatic rings. The summed E-state index contributed by atoms with van der Waals surface area (Å²) in [6.45, 7) is 0. The van der Waals surface area contributed by atoms with Crippen molar-refractivity contribution >= 4 is 17.4 Å². The minimum atomic E-state index is -0.390. The number of pyridine rings is 1. The van der Waals surface area contributed by atoms with E-state index in [1.54, 1.807) is 6.07 Å². The van der Waals surface area contributed by atoms with Crippen molar-refractivity contribution in [2.24, 2.45) is 5.73 Å². The van der Waals surface area contributed by atoms with Gasteiger partial charge in [0.05, 0.1) is 11.3 Å². The second-order valence-electron chi connectivity index (χ2n) is 7.67. The molecule has 2 aliphatic carbocycles. The van der Waals surface area contributed by atoms with Gasteiger partial charge in [-0.25, -0.2) is 4.98 Å². The Labute approximate surface area is 149 Å². The fourth-order valence-corrected chi connectivity index (χ4v) is 4.45. The highest BCUT2D eigenvalue weighted by Crippen LogP contribution is 2.37. The molecule has 134 valence electrons. The van der Waals surface area contributed by atoms with E-state index in [-0.39, 0.29) is 0 Å². The number of carbonyl (C=O) groups excluding carboxylic acids is 1. The van der Waals surface area contributed by atoms with Crippen LogP contribution in [0.2, 0.25) is 0 Å². The number of carbonyl (C=O) groups is 1. The lowest BCUT2D eigenvalue weighted by atomic mass is 9.86. The average Bonchev–Trinajstić information content (AvgIpc) is 3.01. The standard InChI is InChI=1S/C20H28N4O/c21-19(25)15-11-12-17-23-18(14-7-3-1-4-8-14)20(24(17)13-15)22-16-9-5-2-6-10-16/h11-14,16,22H,1-10H2,(H2,21,25). The average molecular weight is 340 g/mol. The smallest absolute Gasteiger partial charge is 0.250 e. The Morgan fingerprint density at radius 2 is 1.72 bits per heavy atom. The van der Waals surface area contributed by atoms with E-state index in [1.165, 1.54) is 69.9 Å². The Kier molecular flexibility index (Phi) is 4.64. The monoisotopic (exact) mass is 340 g/mol. The van der Waals surface area contributed by atoms with Crippen LogP contribution in [-0.2, 0) is 0 Å². The van der Waals surface area contributed by atoms with Crippen LogP contribution < -0.4 is 11.1 Å². The van der Waals surface area contributed by atoms with Gasteiger partial charge in [0.2, 0.25) is 5.91 Å². The summed E-state index contributed by atoms with van der Waals surface area (Å²) in [6.07, 6.45) is 14.5. The van der Waals surface area contributed by atoms with Gasteiger partial charge in [-0.15, -0.1) is 0 Å². The number of anilines is 1. The highest BCUT2D eigenvalue weighted by Gasteiger charge is 2.25. The molecule has 0 spiro atoms. The van der Waals surface area contributed by atoms with Crippen LogP contribution in [0.1, 0.15) is 86.2 Å². The Morgan fingerprint density at radius 3 is 2.40 bits per heavy atom. The van der Waals surface area contributed by atoms with E-state index in [0.29, 0.717) is 17.5 Å². The summed E-state index contributed by atoms with van der Waals surface area (Å²) in [5.74, 6) is 1.23. The number of nitrogens with two attached hydrogens (primary N) is 1. The van der Waals surface area contributed by atoms with Crippen molar-refractivity contribution in [3.8, 4) is 0 Å². The molecule has 3 N–H and O–H groups in total. The Balaban J connectivity index is 1.75. The molecular weight excluding hydrogens is 312 g/mol. The Hall–Kier alpha value is -2.04. The normalized spacial score (nSPS) is 20.0. The minimum Gasteiger partial charge on any atom is -0.367 e. The number of fused-ring (bicyclic) bond motifs is 1. The van der Waals surface area contributed by atoms with E-state index < -0.39 is 5.91 Å². The fraction of sp³-hybridized carbons (Fsp3) is 0.600. The molecule has 25 heavy (non-hydrogen) atoms. The van der Waals surface area contributed by atoms with Crippen LogP contribution in [0, 0.1) is 0 Å². The van der Waals surface area contributed by atoms with Gasteiger partial charge in [-0.3, -0.25) is 9.20 Å². The number of amides is 1. The van der Waals surface area contributed by atoms with Gasteiger partial charge in [-0.2, -0.15) is 0 Å². The summed E-state index contributed by atoms with van der Waals surface area (Å²) in [7, 11) is 0. The topological polar surface area (TPSA) is 72.4 Å². The van der Waals surface area contributed by atoms with Gasteiger partial charge < -0.3 is 11.1 Å². The zero-order valence-corrected chi connectivity index (χ0v) is 14.8. The zero-order valence-electron chi connectivity index (χ0n) is 14.8. The molecule has 0 aliphatic heterocycles. The van der Waals surface area contributed by atoms with Crippen LogP contribution in [0.4, 0.5) is 5.82 Å². The predicted octanol–water partition coefficient (Wildman–Crippen LogP) is 4.23. The number of aromatic nitrogens is 2. The molecule has 4 rings (SSSR count). The van der Waals surface area contributed by atoms with Crippen molar-refractivity contribution in [2.45, 2.75) is 76.2 Å². The van der Waals surface area contributed by atoms with Crippen molar-refractivity contribution < 1.29 is 4.79 Å². The largest absolute Gasteiger partial charge is 0.367 e. The Morgan fingerprint density at radius 1 is 1.04 bits per heavy atom. The molecule has 0 atom stereocenters. The molecule has 5 nitrogen and oxygen atoms in total. The summed E-state index contributed by atoms with van der Waals surface area (Å²) >= 11 is 0. The SMILES string of the molecule is NC(=O)c1ccc2nc(C3CCCCC3)c(NC3CCCCC3)n2c1. The molecule has 2 aliphatic rings. The van der Waals surface area contributed by atoms with Crippen molar-refractivity contribution in [3.05, 3.63) is 29.6 Å². The highest BCUT2D eigenvalue weighted by molar-refractivity contribution is 5.92. The summed E-state index contributed by atoms with van der Waals surface area (Å²) in [6, 6.07) is 4.20. The molecule has 0 aromatic carbocycles. The van der Waals surface area contributed by atoms with Crippen LogP contribution in [0.25, 0.3) is 5.65 Å². The number of hydrogen-bond acceptors (Lipinski definition) is 3. The van der Waals surface area contributed by atoms with Crippen molar-refractivity contribution in [3.63, 3.8) is 0 Å². The lowest BCUT2D eigenvalue weighted by Gasteiger charge is -2.26. The molecule has 2 aromatic heterocycles. The molecule has 2 saturated carbocycles. The molecule has 2 heterocycles. The first-order chi connectivity index (χ1) is 12.2. The van der Waals surface area contributed by atoms with E-state index >= 15 is 0 Å². The van der Waals surface area contributed by atoms with Crippen LogP contribution in [0.3, 0.4) is 0 Å². The van der Waals surface area contributed by atoms with Crippen molar-refractivity contribution in [1.82, 2.24) is 9.38 Å². The summed E-state index contributed by atoms with van der Waals surface area (Å²) in [5, 5.41) is 3.78. The van der Waals surface area contributed by atoms with Gasteiger partial charge in [-0.1, -0.05) is 38.5 Å². The van der Waals surface area contributed by atoms with Gasteiger partial charge in [0.25, 0.3) is 0 Å². The molecule has 0 radical (unpaired) electrons. The van der Waals surface area contributed by atoms with E-state index in [4.69, 9.17) is 10.7 Å². The van der Waals surface area contributed by atoms with Crippen LogP contribution in [0.15, 0.2) is 18.3 Å². The third kappa shape index (κ3) is 3.37. The molecular formula is C20H28N4O. The lowest BCUT2D eigenvalue weighted by molar-refractivity contribution is 0.1000. The second kappa shape index (κ2) is 7.06. The number of nitrogens with one attached hydrogen (secondary N) is 1. The second-order valence-corrected chi connectivity index (χ2v) is 7.67. The van der Waals surface area contributed by atoms with Gasteiger partial charge in [0.15, 0.2) is 0 Å². The van der Waals surface area contributed by atoms with Crippen molar-refractivity contribution in [2.75, 3.05) is 5.32 Å².